The molecule has 5 rings (SSSR count). The molecule has 2 aliphatic carbocycles. The fourth-order valence-electron chi connectivity index (χ4n) is 6.20. The number of rotatable bonds is 5. The van der Waals surface area contributed by atoms with Crippen LogP contribution in [0.2, 0.25) is 0 Å². The topological polar surface area (TPSA) is 91.5 Å². The minimum Gasteiger partial charge on any atom is -0.390 e. The lowest BCUT2D eigenvalue weighted by atomic mass is 9.58. The molecule has 0 radical (unpaired) electrons. The van der Waals surface area contributed by atoms with Gasteiger partial charge in [-0.25, -0.2) is 4.98 Å². The van der Waals surface area contributed by atoms with Gasteiger partial charge in [-0.2, -0.15) is 0 Å². The van der Waals surface area contributed by atoms with E-state index in [0.717, 1.165) is 36.4 Å². The fraction of sp³-hybridized carbons (Fsp3) is 0.571. The Labute approximate surface area is 203 Å². The van der Waals surface area contributed by atoms with Gasteiger partial charge in [-0.1, -0.05) is 24.3 Å². The minimum absolute atomic E-state index is 0.0570. The van der Waals surface area contributed by atoms with Crippen LogP contribution in [0.3, 0.4) is 0 Å². The Morgan fingerprint density at radius 1 is 1.15 bits per heavy atom. The summed E-state index contributed by atoms with van der Waals surface area (Å²) in [6, 6.07) is 11.4. The summed E-state index contributed by atoms with van der Waals surface area (Å²) < 4.78 is 0. The first-order chi connectivity index (χ1) is 16.2. The molecule has 2 saturated carbocycles. The Balaban J connectivity index is 1.31. The Morgan fingerprint density at radius 3 is 2.47 bits per heavy atom. The number of anilines is 1. The van der Waals surface area contributed by atoms with E-state index in [2.05, 4.69) is 53.3 Å². The van der Waals surface area contributed by atoms with Gasteiger partial charge in [0, 0.05) is 42.3 Å². The lowest BCUT2D eigenvalue weighted by Crippen LogP contribution is -2.43. The highest BCUT2D eigenvalue weighted by Gasteiger charge is 2.53. The quantitative estimate of drug-likeness (QED) is 0.622. The first kappa shape index (κ1) is 23.3. The number of likely N-dealkylation sites (tertiary alicyclic amines) is 1. The summed E-state index contributed by atoms with van der Waals surface area (Å²) >= 11 is 0. The first-order valence-electron chi connectivity index (χ1n) is 12.8. The van der Waals surface area contributed by atoms with Crippen LogP contribution in [0, 0.1) is 5.92 Å². The highest BCUT2D eigenvalue weighted by Crippen LogP contribution is 2.54. The molecule has 2 aromatic rings. The number of nitrogens with one attached hydrogen (secondary N) is 1. The van der Waals surface area contributed by atoms with Gasteiger partial charge in [0.15, 0.2) is 0 Å². The van der Waals surface area contributed by atoms with Crippen molar-refractivity contribution in [2.75, 3.05) is 18.8 Å². The van der Waals surface area contributed by atoms with Crippen molar-refractivity contribution in [1.82, 2.24) is 15.2 Å². The molecule has 3 aliphatic rings. The fourth-order valence-corrected chi connectivity index (χ4v) is 6.20. The van der Waals surface area contributed by atoms with Gasteiger partial charge < -0.3 is 16.2 Å². The molecule has 1 aliphatic heterocycles. The Kier molecular flexibility index (Phi) is 5.93. The summed E-state index contributed by atoms with van der Waals surface area (Å²) in [6.07, 6.45) is 7.26. The molecule has 34 heavy (non-hydrogen) atoms. The van der Waals surface area contributed by atoms with E-state index < -0.39 is 5.60 Å². The van der Waals surface area contributed by atoms with Gasteiger partial charge in [-0.05, 0) is 82.4 Å². The number of hydrogen-bond donors (Lipinski definition) is 3. The maximum absolute atomic E-state index is 13.0. The van der Waals surface area contributed by atoms with Crippen LogP contribution >= 0.6 is 0 Å². The third kappa shape index (κ3) is 4.22. The number of benzene rings is 1. The zero-order valence-electron chi connectivity index (χ0n) is 20.7. The van der Waals surface area contributed by atoms with E-state index in [1.54, 1.807) is 6.20 Å². The van der Waals surface area contributed by atoms with Crippen LogP contribution in [0.5, 0.6) is 0 Å². The zero-order valence-corrected chi connectivity index (χ0v) is 20.7. The van der Waals surface area contributed by atoms with Crippen LogP contribution in [0.25, 0.3) is 11.1 Å². The second-order valence-corrected chi connectivity index (χ2v) is 11.4. The van der Waals surface area contributed by atoms with E-state index in [9.17, 15) is 9.90 Å². The predicted octanol–water partition coefficient (Wildman–Crippen LogP) is 4.13. The Hall–Kier alpha value is -2.44. The molecular weight excluding hydrogens is 424 g/mol. The van der Waals surface area contributed by atoms with Gasteiger partial charge in [0.25, 0.3) is 5.91 Å². The van der Waals surface area contributed by atoms with Crippen LogP contribution < -0.4 is 11.1 Å². The van der Waals surface area contributed by atoms with E-state index in [1.165, 1.54) is 24.9 Å². The number of fused-ring (bicyclic) bond motifs is 1. The number of pyridine rings is 1. The van der Waals surface area contributed by atoms with Crippen molar-refractivity contribution < 1.29 is 9.90 Å². The first-order valence-corrected chi connectivity index (χ1v) is 12.8. The molecule has 1 aromatic carbocycles. The van der Waals surface area contributed by atoms with Crippen molar-refractivity contribution in [3.8, 4) is 11.1 Å². The number of aliphatic hydroxyl groups is 1. The summed E-state index contributed by atoms with van der Waals surface area (Å²) in [5, 5.41) is 13.3. The molecule has 2 heterocycles. The average molecular weight is 463 g/mol. The normalized spacial score (nSPS) is 31.2. The molecule has 0 bridgehead atoms. The van der Waals surface area contributed by atoms with Gasteiger partial charge in [0.2, 0.25) is 0 Å². The van der Waals surface area contributed by atoms with Crippen LogP contribution in [-0.2, 0) is 5.41 Å². The van der Waals surface area contributed by atoms with E-state index in [-0.39, 0.29) is 17.8 Å². The van der Waals surface area contributed by atoms with E-state index >= 15 is 0 Å². The number of nitrogens with zero attached hydrogens (tertiary/aromatic N) is 2. The van der Waals surface area contributed by atoms with Crippen LogP contribution in [-0.4, -0.2) is 51.7 Å². The average Bonchev–Trinajstić information content (AvgIpc) is 3.07. The van der Waals surface area contributed by atoms with E-state index in [4.69, 9.17) is 5.73 Å². The third-order valence-corrected chi connectivity index (χ3v) is 8.75. The molecule has 1 amide bonds. The summed E-state index contributed by atoms with van der Waals surface area (Å²) in [5.41, 5.74) is 9.56. The van der Waals surface area contributed by atoms with Crippen molar-refractivity contribution in [3.05, 3.63) is 47.7 Å². The van der Waals surface area contributed by atoms with Crippen LogP contribution in [0.4, 0.5) is 5.82 Å². The molecule has 0 spiro atoms. The second kappa shape index (κ2) is 8.65. The number of aromatic nitrogens is 1. The standard InChI is InChI=1S/C28H38N4O2/c1-18(2)32-16-22-8-13-28(22,17-32)21-6-4-19(5-7-21)20-14-24(25(29)30-15-20)26(33)31-23-9-11-27(3,34)12-10-23/h4-7,14-15,18,22-23,34H,8-13,16-17H2,1-3H3,(H2,29,30)(H,31,33)/t22-,23?,27?,28+/m1/s1. The van der Waals surface area contributed by atoms with E-state index in [0.29, 0.717) is 29.9 Å². The summed E-state index contributed by atoms with van der Waals surface area (Å²) in [7, 11) is 0. The number of nitrogen functional groups attached to an aromatic ring is 1. The van der Waals surface area contributed by atoms with Gasteiger partial charge in [-0.15, -0.1) is 0 Å². The van der Waals surface area contributed by atoms with Gasteiger partial charge in [0.1, 0.15) is 5.82 Å². The SMILES string of the molecule is CC(C)N1C[C@H]2CC[C@@]2(c2ccc(-c3cnc(N)c(C(=O)NC4CCC(C)(O)CC4)c3)cc2)C1. The highest BCUT2D eigenvalue weighted by molar-refractivity contribution is 5.99. The molecular formula is C28H38N4O2. The molecule has 3 fully saturated rings. The summed E-state index contributed by atoms with van der Waals surface area (Å²) in [6.45, 7) is 8.80. The zero-order chi connectivity index (χ0) is 24.1. The van der Waals surface area contributed by atoms with Crippen LogP contribution in [0.1, 0.15) is 75.2 Å². The molecule has 2 atom stereocenters. The molecule has 0 unspecified atom stereocenters. The second-order valence-electron chi connectivity index (χ2n) is 11.4. The van der Waals surface area contributed by atoms with Crippen molar-refractivity contribution in [3.63, 3.8) is 0 Å². The highest BCUT2D eigenvalue weighted by atomic mass is 16.3. The van der Waals surface area contributed by atoms with Gasteiger partial charge in [-0.3, -0.25) is 9.69 Å². The molecule has 1 aromatic heterocycles. The number of carbonyl (C=O) groups excluding carboxylic acids is 1. The Bertz CT molecular complexity index is 1050. The monoisotopic (exact) mass is 462 g/mol. The maximum atomic E-state index is 13.0. The van der Waals surface area contributed by atoms with Crippen molar-refractivity contribution >= 4 is 11.7 Å². The lowest BCUT2D eigenvalue weighted by molar-refractivity contribution is 0.0140. The molecule has 182 valence electrons. The number of carbonyl (C=O) groups is 1. The molecule has 6 heteroatoms. The summed E-state index contributed by atoms with van der Waals surface area (Å²) in [4.78, 5) is 19.9. The van der Waals surface area contributed by atoms with Crippen molar-refractivity contribution in [2.45, 2.75) is 82.4 Å². The smallest absolute Gasteiger partial charge is 0.255 e. The Morgan fingerprint density at radius 2 is 1.85 bits per heavy atom. The molecule has 1 saturated heterocycles. The van der Waals surface area contributed by atoms with Crippen molar-refractivity contribution in [1.29, 1.82) is 0 Å². The summed E-state index contributed by atoms with van der Waals surface area (Å²) in [5.74, 6) is 0.820. The van der Waals surface area contributed by atoms with Gasteiger partial charge in [0.05, 0.1) is 11.2 Å². The number of hydrogen-bond acceptors (Lipinski definition) is 5. The van der Waals surface area contributed by atoms with Crippen LogP contribution in [0.15, 0.2) is 36.5 Å². The lowest BCUT2D eigenvalue weighted by Gasteiger charge is -2.45. The largest absolute Gasteiger partial charge is 0.390 e. The van der Waals surface area contributed by atoms with Gasteiger partial charge >= 0.3 is 0 Å². The number of nitrogens with two attached hydrogens (primary N) is 1. The third-order valence-electron chi connectivity index (χ3n) is 8.75. The predicted molar refractivity (Wildman–Crippen MR) is 136 cm³/mol. The molecule has 6 nitrogen and oxygen atoms in total. The number of amides is 1. The van der Waals surface area contributed by atoms with E-state index in [1.807, 2.05) is 13.0 Å². The maximum Gasteiger partial charge on any atom is 0.255 e. The minimum atomic E-state index is -0.626. The van der Waals surface area contributed by atoms with Crippen molar-refractivity contribution in [2.24, 2.45) is 5.92 Å². The molecule has 4 N–H and O–H groups in total.